The molecule has 2 heteroatoms. The van der Waals surface area contributed by atoms with Crippen LogP contribution in [0.5, 0.6) is 0 Å². The maximum absolute atomic E-state index is 4.61. The van der Waals surface area contributed by atoms with Gasteiger partial charge in [-0.25, -0.2) is 0 Å². The summed E-state index contributed by atoms with van der Waals surface area (Å²) in [7, 11) is 0. The van der Waals surface area contributed by atoms with Crippen LogP contribution >= 0.6 is 0 Å². The van der Waals surface area contributed by atoms with E-state index in [0.29, 0.717) is 0 Å². The van der Waals surface area contributed by atoms with Gasteiger partial charge in [-0.2, -0.15) is 0 Å². The maximum atomic E-state index is 4.61. The summed E-state index contributed by atoms with van der Waals surface area (Å²) in [5.74, 6) is 0. The Balaban J connectivity index is 2.38. The van der Waals surface area contributed by atoms with Crippen LogP contribution in [-0.4, -0.2) is 10.7 Å². The summed E-state index contributed by atoms with van der Waals surface area (Å²) < 4.78 is 0. The summed E-state index contributed by atoms with van der Waals surface area (Å²) >= 11 is 0. The molecule has 0 fully saturated rings. The molecule has 0 amide bonds. The molecule has 0 saturated carbocycles. The van der Waals surface area contributed by atoms with Crippen LogP contribution in [-0.2, 0) is 0 Å². The molecule has 2 nitrogen and oxygen atoms in total. The van der Waals surface area contributed by atoms with Gasteiger partial charge in [0.15, 0.2) is 0 Å². The quantitative estimate of drug-likeness (QED) is 0.774. The average Bonchev–Trinajstić information content (AvgIpc) is 2.74. The molecular formula is C14H18N2. The van der Waals surface area contributed by atoms with Crippen LogP contribution in [0.4, 0.5) is 0 Å². The van der Waals surface area contributed by atoms with Crippen LogP contribution in [0.25, 0.3) is 6.08 Å². The van der Waals surface area contributed by atoms with Gasteiger partial charge in [0.05, 0.1) is 5.70 Å². The minimum Gasteiger partial charge on any atom is -0.361 e. The highest BCUT2D eigenvalue weighted by atomic mass is 14.8. The van der Waals surface area contributed by atoms with Crippen molar-refractivity contribution in [1.82, 2.24) is 4.98 Å². The first kappa shape index (κ1) is 10.9. The largest absolute Gasteiger partial charge is 0.361 e. The van der Waals surface area contributed by atoms with E-state index in [-0.39, 0.29) is 0 Å². The lowest BCUT2D eigenvalue weighted by Gasteiger charge is -1.99. The van der Waals surface area contributed by atoms with Crippen molar-refractivity contribution in [3.8, 4) is 0 Å². The lowest BCUT2D eigenvalue weighted by molar-refractivity contribution is 1.15. The lowest BCUT2D eigenvalue weighted by atomic mass is 10.0. The third-order valence-electron chi connectivity index (χ3n) is 3.06. The molecule has 0 aromatic carbocycles. The molecule has 0 radical (unpaired) electrons. The molecule has 1 aromatic rings. The molecule has 2 rings (SSSR count). The first-order valence-electron chi connectivity index (χ1n) is 5.74. The normalized spacial score (nSPS) is 18.5. The van der Waals surface area contributed by atoms with E-state index >= 15 is 0 Å². The SMILES string of the molecule is CCC1=C(C)C(=Cc2cc(C)c[nH]2)N=C1C. The summed E-state index contributed by atoms with van der Waals surface area (Å²) in [6.07, 6.45) is 5.19. The summed E-state index contributed by atoms with van der Waals surface area (Å²) in [6, 6.07) is 2.13. The molecule has 16 heavy (non-hydrogen) atoms. The Morgan fingerprint density at radius 3 is 2.56 bits per heavy atom. The van der Waals surface area contributed by atoms with Crippen LogP contribution in [0.3, 0.4) is 0 Å². The Morgan fingerprint density at radius 2 is 2.06 bits per heavy atom. The molecule has 0 aliphatic carbocycles. The molecule has 1 aliphatic rings. The first-order chi connectivity index (χ1) is 7.61. The minimum absolute atomic E-state index is 1.06. The highest BCUT2D eigenvalue weighted by Crippen LogP contribution is 2.28. The van der Waals surface area contributed by atoms with Crippen molar-refractivity contribution in [2.45, 2.75) is 34.1 Å². The fraction of sp³-hybridized carbons (Fsp3) is 0.357. The zero-order chi connectivity index (χ0) is 11.7. The van der Waals surface area contributed by atoms with Crippen molar-refractivity contribution in [3.05, 3.63) is 40.4 Å². The first-order valence-corrected chi connectivity index (χ1v) is 5.74. The number of H-pyrrole nitrogens is 1. The fourth-order valence-electron chi connectivity index (χ4n) is 2.18. The number of aromatic amines is 1. The third kappa shape index (κ3) is 1.87. The zero-order valence-electron chi connectivity index (χ0n) is 10.4. The van der Waals surface area contributed by atoms with Gasteiger partial charge in [0.2, 0.25) is 0 Å². The standard InChI is InChI=1S/C14H18N2/c1-5-13-10(3)14(16-11(13)4)7-12-6-9(2)8-15-12/h6-8,15H,5H2,1-4H3. The molecule has 0 spiro atoms. The van der Waals surface area contributed by atoms with E-state index in [1.165, 1.54) is 16.7 Å². The van der Waals surface area contributed by atoms with Gasteiger partial charge in [-0.1, -0.05) is 6.92 Å². The van der Waals surface area contributed by atoms with E-state index in [0.717, 1.165) is 23.5 Å². The molecule has 84 valence electrons. The lowest BCUT2D eigenvalue weighted by Crippen LogP contribution is -1.91. The topological polar surface area (TPSA) is 28.1 Å². The third-order valence-corrected chi connectivity index (χ3v) is 3.06. The van der Waals surface area contributed by atoms with Gasteiger partial charge >= 0.3 is 0 Å². The number of aliphatic imine (C=N–C) groups is 1. The number of nitrogens with zero attached hydrogens (tertiary/aromatic N) is 1. The van der Waals surface area contributed by atoms with Crippen molar-refractivity contribution in [1.29, 1.82) is 0 Å². The Kier molecular flexibility index (Phi) is 2.82. The second-order valence-electron chi connectivity index (χ2n) is 4.32. The minimum atomic E-state index is 1.06. The van der Waals surface area contributed by atoms with Crippen LogP contribution in [0.1, 0.15) is 38.4 Å². The smallest absolute Gasteiger partial charge is 0.0686 e. The second-order valence-corrected chi connectivity index (χ2v) is 4.32. The second kappa shape index (κ2) is 4.12. The summed E-state index contributed by atoms with van der Waals surface area (Å²) in [5.41, 5.74) is 7.33. The number of nitrogens with one attached hydrogen (secondary N) is 1. The van der Waals surface area contributed by atoms with Crippen LogP contribution < -0.4 is 0 Å². The molecule has 2 heterocycles. The van der Waals surface area contributed by atoms with Gasteiger partial charge in [-0.05, 0) is 56.0 Å². The number of hydrogen-bond acceptors (Lipinski definition) is 1. The van der Waals surface area contributed by atoms with Gasteiger partial charge in [0.1, 0.15) is 0 Å². The summed E-state index contributed by atoms with van der Waals surface area (Å²) in [4.78, 5) is 7.84. The monoisotopic (exact) mass is 214 g/mol. The molecule has 1 aliphatic heterocycles. The van der Waals surface area contributed by atoms with E-state index < -0.39 is 0 Å². The molecule has 1 aromatic heterocycles. The van der Waals surface area contributed by atoms with Gasteiger partial charge in [0, 0.05) is 17.6 Å². The summed E-state index contributed by atoms with van der Waals surface area (Å²) in [6.45, 7) is 8.50. The maximum Gasteiger partial charge on any atom is 0.0686 e. The Morgan fingerprint density at radius 1 is 1.31 bits per heavy atom. The zero-order valence-corrected chi connectivity index (χ0v) is 10.4. The molecular weight excluding hydrogens is 196 g/mol. The van der Waals surface area contributed by atoms with E-state index in [1.807, 2.05) is 6.20 Å². The van der Waals surface area contributed by atoms with E-state index in [4.69, 9.17) is 0 Å². The van der Waals surface area contributed by atoms with Crippen molar-refractivity contribution in [3.63, 3.8) is 0 Å². The molecule has 0 bridgehead atoms. The number of aryl methyl sites for hydroxylation is 1. The Labute approximate surface area is 96.8 Å². The summed E-state index contributed by atoms with van der Waals surface area (Å²) in [5, 5.41) is 0. The van der Waals surface area contributed by atoms with Crippen LogP contribution in [0.15, 0.2) is 34.1 Å². The van der Waals surface area contributed by atoms with E-state index in [1.54, 1.807) is 0 Å². The van der Waals surface area contributed by atoms with Gasteiger partial charge in [-0.3, -0.25) is 4.99 Å². The molecule has 0 atom stereocenters. The number of rotatable bonds is 2. The van der Waals surface area contributed by atoms with Crippen molar-refractivity contribution < 1.29 is 0 Å². The van der Waals surface area contributed by atoms with Crippen molar-refractivity contribution in [2.75, 3.05) is 0 Å². The number of allylic oxidation sites excluding steroid dienone is 2. The van der Waals surface area contributed by atoms with Gasteiger partial charge in [0.25, 0.3) is 0 Å². The highest BCUT2D eigenvalue weighted by Gasteiger charge is 2.15. The molecule has 1 N–H and O–H groups in total. The van der Waals surface area contributed by atoms with Crippen LogP contribution in [0, 0.1) is 6.92 Å². The van der Waals surface area contributed by atoms with Gasteiger partial charge in [-0.15, -0.1) is 0 Å². The fourth-order valence-corrected chi connectivity index (χ4v) is 2.18. The van der Waals surface area contributed by atoms with Crippen molar-refractivity contribution >= 4 is 11.8 Å². The average molecular weight is 214 g/mol. The van der Waals surface area contributed by atoms with Crippen molar-refractivity contribution in [2.24, 2.45) is 4.99 Å². The predicted molar refractivity (Wildman–Crippen MR) is 69.6 cm³/mol. The highest BCUT2D eigenvalue weighted by molar-refractivity contribution is 6.03. The van der Waals surface area contributed by atoms with Crippen LogP contribution in [0.2, 0.25) is 0 Å². The van der Waals surface area contributed by atoms with E-state index in [9.17, 15) is 0 Å². The molecule has 0 saturated heterocycles. The Bertz CT molecular complexity index is 499. The molecule has 0 unspecified atom stereocenters. The Hall–Kier alpha value is -1.57. The van der Waals surface area contributed by atoms with Gasteiger partial charge < -0.3 is 4.98 Å². The number of hydrogen-bond donors (Lipinski definition) is 1. The number of aromatic nitrogens is 1. The predicted octanol–water partition coefficient (Wildman–Crippen LogP) is 3.87. The van der Waals surface area contributed by atoms with E-state index in [2.05, 4.69) is 49.8 Å².